The van der Waals surface area contributed by atoms with Crippen LogP contribution in [-0.2, 0) is 0 Å². The number of nitrogens with one attached hydrogen (secondary N) is 1. The van der Waals surface area contributed by atoms with E-state index < -0.39 is 0 Å². The number of amides is 1. The highest BCUT2D eigenvalue weighted by atomic mass is 32.1. The van der Waals surface area contributed by atoms with Gasteiger partial charge in [0.1, 0.15) is 0 Å². The molecule has 0 aliphatic rings. The van der Waals surface area contributed by atoms with Gasteiger partial charge in [-0.3, -0.25) is 4.79 Å². The number of carbonyl (C=O) groups excluding carboxylic acids is 1. The van der Waals surface area contributed by atoms with Crippen LogP contribution in [0.4, 0.5) is 5.13 Å². The van der Waals surface area contributed by atoms with E-state index in [1.807, 2.05) is 26.0 Å². The molecule has 1 aromatic carbocycles. The molecule has 1 aromatic heterocycles. The fraction of sp³-hybridized carbons (Fsp3) is 0.333. The van der Waals surface area contributed by atoms with Crippen LogP contribution < -0.4 is 11.1 Å². The van der Waals surface area contributed by atoms with Crippen LogP contribution in [0.3, 0.4) is 0 Å². The van der Waals surface area contributed by atoms with Crippen molar-refractivity contribution in [2.24, 2.45) is 0 Å². The summed E-state index contributed by atoms with van der Waals surface area (Å²) in [5, 5.41) is 3.46. The summed E-state index contributed by atoms with van der Waals surface area (Å²) in [5.41, 5.74) is 7.12. The van der Waals surface area contributed by atoms with Gasteiger partial charge in [0, 0.05) is 11.6 Å². The third-order valence-electron chi connectivity index (χ3n) is 2.66. The zero-order valence-electron chi connectivity index (χ0n) is 9.86. The Morgan fingerprint density at radius 2 is 2.35 bits per heavy atom. The third-order valence-corrected chi connectivity index (χ3v) is 3.50. The Labute approximate surface area is 104 Å². The van der Waals surface area contributed by atoms with Crippen LogP contribution in [0.2, 0.25) is 0 Å². The van der Waals surface area contributed by atoms with Gasteiger partial charge in [0.05, 0.1) is 10.2 Å². The first kappa shape index (κ1) is 11.9. The van der Waals surface area contributed by atoms with E-state index in [0.717, 1.165) is 16.6 Å². The molecule has 0 fully saturated rings. The molecule has 1 amide bonds. The van der Waals surface area contributed by atoms with Gasteiger partial charge in [-0.2, -0.15) is 0 Å². The average molecular weight is 249 g/mol. The molecule has 0 saturated carbocycles. The van der Waals surface area contributed by atoms with Gasteiger partial charge >= 0.3 is 0 Å². The molecule has 0 bridgehead atoms. The second-order valence-electron chi connectivity index (χ2n) is 4.02. The Bertz CT molecular complexity index is 550. The maximum Gasteiger partial charge on any atom is 0.251 e. The average Bonchev–Trinajstić information content (AvgIpc) is 2.67. The molecule has 0 saturated heterocycles. The number of carbonyl (C=O) groups is 1. The van der Waals surface area contributed by atoms with Crippen molar-refractivity contribution in [3.63, 3.8) is 0 Å². The van der Waals surface area contributed by atoms with Crippen LogP contribution in [0.15, 0.2) is 18.2 Å². The number of aromatic nitrogens is 1. The summed E-state index contributed by atoms with van der Waals surface area (Å²) in [6, 6.07) is 5.62. The molecule has 2 rings (SSSR count). The number of hydrogen-bond acceptors (Lipinski definition) is 4. The van der Waals surface area contributed by atoms with Crippen molar-refractivity contribution in [3.8, 4) is 0 Å². The number of nitrogens with zero attached hydrogens (tertiary/aromatic N) is 1. The molecule has 0 spiro atoms. The Morgan fingerprint density at radius 1 is 1.59 bits per heavy atom. The maximum atomic E-state index is 11.9. The van der Waals surface area contributed by atoms with Crippen molar-refractivity contribution >= 4 is 32.6 Å². The summed E-state index contributed by atoms with van der Waals surface area (Å²) in [6.07, 6.45) is 0.918. The predicted octanol–water partition coefficient (Wildman–Crippen LogP) is 2.41. The largest absolute Gasteiger partial charge is 0.375 e. The zero-order valence-corrected chi connectivity index (χ0v) is 10.7. The van der Waals surface area contributed by atoms with Crippen molar-refractivity contribution < 1.29 is 4.79 Å². The summed E-state index contributed by atoms with van der Waals surface area (Å²) in [6.45, 7) is 4.03. The minimum absolute atomic E-state index is 0.0479. The summed E-state index contributed by atoms with van der Waals surface area (Å²) in [4.78, 5) is 16.1. The minimum atomic E-state index is -0.0479. The van der Waals surface area contributed by atoms with Crippen LogP contribution in [0.1, 0.15) is 30.6 Å². The van der Waals surface area contributed by atoms with Gasteiger partial charge in [-0.25, -0.2) is 4.98 Å². The van der Waals surface area contributed by atoms with E-state index in [1.165, 1.54) is 11.3 Å². The first-order chi connectivity index (χ1) is 8.10. The van der Waals surface area contributed by atoms with E-state index in [2.05, 4.69) is 10.3 Å². The molecular formula is C12H15N3OS. The van der Waals surface area contributed by atoms with E-state index in [0.29, 0.717) is 10.7 Å². The van der Waals surface area contributed by atoms with Crippen LogP contribution in [-0.4, -0.2) is 16.9 Å². The number of hydrogen-bond donors (Lipinski definition) is 2. The number of rotatable bonds is 3. The summed E-state index contributed by atoms with van der Waals surface area (Å²) < 4.78 is 0.944. The van der Waals surface area contributed by atoms with Crippen LogP contribution in [0, 0.1) is 0 Å². The van der Waals surface area contributed by atoms with Gasteiger partial charge in [-0.15, -0.1) is 0 Å². The normalized spacial score (nSPS) is 12.6. The van der Waals surface area contributed by atoms with Crippen molar-refractivity contribution in [1.29, 1.82) is 0 Å². The van der Waals surface area contributed by atoms with Crippen LogP contribution in [0.25, 0.3) is 10.2 Å². The number of nitrogens with two attached hydrogens (primary N) is 1. The first-order valence-corrected chi connectivity index (χ1v) is 6.38. The van der Waals surface area contributed by atoms with Gasteiger partial charge in [-0.1, -0.05) is 18.3 Å². The van der Waals surface area contributed by atoms with Crippen molar-refractivity contribution in [2.45, 2.75) is 26.3 Å². The number of benzene rings is 1. The fourth-order valence-corrected chi connectivity index (χ4v) is 2.27. The van der Waals surface area contributed by atoms with E-state index in [4.69, 9.17) is 5.73 Å². The Hall–Kier alpha value is -1.62. The van der Waals surface area contributed by atoms with Crippen molar-refractivity contribution in [2.75, 3.05) is 5.73 Å². The molecule has 4 nitrogen and oxygen atoms in total. The summed E-state index contributed by atoms with van der Waals surface area (Å²) in [5.74, 6) is -0.0479. The van der Waals surface area contributed by atoms with E-state index in [9.17, 15) is 4.79 Å². The topological polar surface area (TPSA) is 68.0 Å². The highest BCUT2D eigenvalue weighted by Gasteiger charge is 2.10. The van der Waals surface area contributed by atoms with Gasteiger partial charge in [0.25, 0.3) is 5.91 Å². The monoisotopic (exact) mass is 249 g/mol. The minimum Gasteiger partial charge on any atom is -0.375 e. The number of anilines is 1. The molecule has 1 heterocycles. The first-order valence-electron chi connectivity index (χ1n) is 5.57. The lowest BCUT2D eigenvalue weighted by Gasteiger charge is -2.10. The molecule has 0 unspecified atom stereocenters. The standard InChI is InChI=1S/C12H15N3OS/c1-3-7(2)14-11(16)8-4-5-9-10(6-8)17-12(13)15-9/h4-7H,3H2,1-2H3,(H2,13,15)(H,14,16)/t7-/m0/s1. The molecule has 0 aliphatic carbocycles. The van der Waals surface area contributed by atoms with Gasteiger partial charge < -0.3 is 11.1 Å². The fourth-order valence-electron chi connectivity index (χ4n) is 1.49. The lowest BCUT2D eigenvalue weighted by atomic mass is 10.2. The molecule has 3 N–H and O–H groups in total. The number of fused-ring (bicyclic) bond motifs is 1. The number of thiazole rings is 1. The lowest BCUT2D eigenvalue weighted by molar-refractivity contribution is 0.0939. The summed E-state index contributed by atoms with van der Waals surface area (Å²) >= 11 is 1.40. The molecular weight excluding hydrogens is 234 g/mol. The number of nitrogen functional groups attached to an aromatic ring is 1. The SMILES string of the molecule is CC[C@H](C)NC(=O)c1ccc2nc(N)sc2c1. The quantitative estimate of drug-likeness (QED) is 0.877. The van der Waals surface area contributed by atoms with E-state index in [1.54, 1.807) is 6.07 Å². The maximum absolute atomic E-state index is 11.9. The second-order valence-corrected chi connectivity index (χ2v) is 5.08. The highest BCUT2D eigenvalue weighted by molar-refractivity contribution is 7.22. The summed E-state index contributed by atoms with van der Waals surface area (Å²) in [7, 11) is 0. The molecule has 0 aliphatic heterocycles. The smallest absolute Gasteiger partial charge is 0.251 e. The molecule has 2 aromatic rings. The predicted molar refractivity (Wildman–Crippen MR) is 71.3 cm³/mol. The highest BCUT2D eigenvalue weighted by Crippen LogP contribution is 2.24. The molecule has 17 heavy (non-hydrogen) atoms. The van der Waals surface area contributed by atoms with Crippen LogP contribution >= 0.6 is 11.3 Å². The van der Waals surface area contributed by atoms with Crippen molar-refractivity contribution in [3.05, 3.63) is 23.8 Å². The van der Waals surface area contributed by atoms with E-state index >= 15 is 0 Å². The molecule has 90 valence electrons. The Balaban J connectivity index is 2.26. The van der Waals surface area contributed by atoms with Gasteiger partial charge in [0.15, 0.2) is 5.13 Å². The van der Waals surface area contributed by atoms with Gasteiger partial charge in [0.2, 0.25) is 0 Å². The Kier molecular flexibility index (Phi) is 3.28. The molecule has 5 heteroatoms. The lowest BCUT2D eigenvalue weighted by Crippen LogP contribution is -2.31. The van der Waals surface area contributed by atoms with Crippen molar-refractivity contribution in [1.82, 2.24) is 10.3 Å². The molecule has 1 atom stereocenters. The zero-order chi connectivity index (χ0) is 12.4. The van der Waals surface area contributed by atoms with E-state index in [-0.39, 0.29) is 11.9 Å². The molecule has 0 radical (unpaired) electrons. The van der Waals surface area contributed by atoms with Crippen LogP contribution in [0.5, 0.6) is 0 Å². The Morgan fingerprint density at radius 3 is 3.06 bits per heavy atom. The second kappa shape index (κ2) is 4.71. The third kappa shape index (κ3) is 2.55. The van der Waals surface area contributed by atoms with Gasteiger partial charge in [-0.05, 0) is 31.5 Å².